The smallest absolute Gasteiger partial charge is 0.122 e. The van der Waals surface area contributed by atoms with Gasteiger partial charge in [0.2, 0.25) is 0 Å². The Morgan fingerprint density at radius 1 is 1.47 bits per heavy atom. The van der Waals surface area contributed by atoms with Gasteiger partial charge in [0.1, 0.15) is 5.75 Å². The topological polar surface area (TPSA) is 51.4 Å². The number of aryl methyl sites for hydroxylation is 1. The van der Waals surface area contributed by atoms with Gasteiger partial charge in [-0.3, -0.25) is 9.88 Å². The molecule has 1 aromatic heterocycles. The summed E-state index contributed by atoms with van der Waals surface area (Å²) in [6.45, 7) is 7.22. The van der Waals surface area contributed by atoms with E-state index in [1.165, 1.54) is 0 Å². The van der Waals surface area contributed by atoms with Crippen LogP contribution in [0.5, 0.6) is 5.75 Å². The molecule has 2 rings (SSSR count). The van der Waals surface area contributed by atoms with E-state index in [1.807, 2.05) is 19.1 Å². The summed E-state index contributed by atoms with van der Waals surface area (Å²) in [4.78, 5) is 6.99. The molecule has 2 N–H and O–H groups in total. The zero-order chi connectivity index (χ0) is 13.1. The number of hydrogen-bond acceptors (Lipinski definition) is 4. The summed E-state index contributed by atoms with van der Waals surface area (Å²) in [6.07, 6.45) is 1.07. The van der Waals surface area contributed by atoms with Gasteiger partial charge in [-0.05, 0) is 19.3 Å². The summed E-state index contributed by atoms with van der Waals surface area (Å²) >= 11 is 0. The van der Waals surface area contributed by atoms with E-state index in [0.717, 1.165) is 43.2 Å². The summed E-state index contributed by atoms with van der Waals surface area (Å²) in [6, 6.07) is 4.33. The summed E-state index contributed by atoms with van der Waals surface area (Å²) in [5.74, 6) is 1.45. The molecule has 0 aliphatic carbocycles. The van der Waals surface area contributed by atoms with Crippen molar-refractivity contribution in [2.24, 2.45) is 11.7 Å². The number of methoxy groups -OCH3 is 1. The highest BCUT2D eigenvalue weighted by atomic mass is 35.5. The first-order chi connectivity index (χ1) is 8.58. The Hall–Kier alpha value is -0.840. The molecule has 1 aliphatic rings. The molecule has 2 heterocycles. The Morgan fingerprint density at radius 3 is 2.84 bits per heavy atom. The van der Waals surface area contributed by atoms with Crippen LogP contribution in [0.15, 0.2) is 12.1 Å². The Balaban J connectivity index is 0.00000180. The van der Waals surface area contributed by atoms with Gasteiger partial charge in [-0.1, -0.05) is 6.92 Å². The second-order valence-corrected chi connectivity index (χ2v) is 5.30. The maximum Gasteiger partial charge on any atom is 0.122 e. The molecule has 1 aliphatic heterocycles. The summed E-state index contributed by atoms with van der Waals surface area (Å²) in [5.41, 5.74) is 8.13. The first kappa shape index (κ1) is 16.2. The predicted octanol–water partition coefficient (Wildman–Crippen LogP) is 1.99. The van der Waals surface area contributed by atoms with Gasteiger partial charge in [0, 0.05) is 43.5 Å². The van der Waals surface area contributed by atoms with E-state index in [1.54, 1.807) is 7.11 Å². The lowest BCUT2D eigenvalue weighted by Gasteiger charge is -2.34. The highest BCUT2D eigenvalue weighted by molar-refractivity contribution is 5.85. The third-order valence-electron chi connectivity index (χ3n) is 3.66. The number of pyridine rings is 1. The third-order valence-corrected chi connectivity index (χ3v) is 3.66. The lowest BCUT2D eigenvalue weighted by atomic mass is 9.95. The fourth-order valence-corrected chi connectivity index (χ4v) is 2.52. The molecule has 2 unspecified atom stereocenters. The number of piperidine rings is 1. The lowest BCUT2D eigenvalue weighted by Crippen LogP contribution is -2.45. The highest BCUT2D eigenvalue weighted by Crippen LogP contribution is 2.19. The third kappa shape index (κ3) is 4.34. The Kier molecular flexibility index (Phi) is 6.04. The van der Waals surface area contributed by atoms with Crippen molar-refractivity contribution in [1.82, 2.24) is 9.88 Å². The van der Waals surface area contributed by atoms with Gasteiger partial charge in [-0.25, -0.2) is 0 Å². The molecular formula is C14H24ClN3O. The van der Waals surface area contributed by atoms with Crippen molar-refractivity contribution in [3.8, 4) is 5.75 Å². The van der Waals surface area contributed by atoms with Gasteiger partial charge in [0.05, 0.1) is 12.8 Å². The van der Waals surface area contributed by atoms with Crippen LogP contribution < -0.4 is 10.5 Å². The number of rotatable bonds is 3. The quantitative estimate of drug-likeness (QED) is 0.923. The number of halogens is 1. The van der Waals surface area contributed by atoms with E-state index >= 15 is 0 Å². The summed E-state index contributed by atoms with van der Waals surface area (Å²) in [7, 11) is 1.69. The average molecular weight is 286 g/mol. The average Bonchev–Trinajstić information content (AvgIpc) is 2.33. The standard InChI is InChI=1S/C14H23N3O.ClH/c1-10-8-17(5-4-14(10)15)9-12-7-13(18-3)6-11(2)16-12;/h6-7,10,14H,4-5,8-9,15H2,1-3H3;1H. The van der Waals surface area contributed by atoms with Crippen molar-refractivity contribution in [3.05, 3.63) is 23.5 Å². The molecule has 0 bridgehead atoms. The van der Waals surface area contributed by atoms with Crippen molar-refractivity contribution in [3.63, 3.8) is 0 Å². The normalized spacial score (nSPS) is 23.8. The van der Waals surface area contributed by atoms with Crippen molar-refractivity contribution in [1.29, 1.82) is 0 Å². The molecule has 2 atom stereocenters. The molecule has 0 spiro atoms. The molecule has 1 saturated heterocycles. The minimum absolute atomic E-state index is 0. The molecule has 0 saturated carbocycles. The van der Waals surface area contributed by atoms with Crippen LogP contribution >= 0.6 is 12.4 Å². The molecule has 1 aromatic rings. The molecule has 5 heteroatoms. The molecular weight excluding hydrogens is 262 g/mol. The van der Waals surface area contributed by atoms with Crippen LogP contribution in [0.1, 0.15) is 24.7 Å². The number of aromatic nitrogens is 1. The molecule has 0 aromatic carbocycles. The van der Waals surface area contributed by atoms with Crippen LogP contribution in [0, 0.1) is 12.8 Å². The Morgan fingerprint density at radius 2 is 2.21 bits per heavy atom. The first-order valence-corrected chi connectivity index (χ1v) is 6.58. The molecule has 0 amide bonds. The van der Waals surface area contributed by atoms with E-state index < -0.39 is 0 Å². The zero-order valence-electron chi connectivity index (χ0n) is 11.9. The fraction of sp³-hybridized carbons (Fsp3) is 0.643. The number of likely N-dealkylation sites (tertiary alicyclic amines) is 1. The van der Waals surface area contributed by atoms with E-state index in [4.69, 9.17) is 10.5 Å². The number of ether oxygens (including phenoxy) is 1. The van der Waals surface area contributed by atoms with Gasteiger partial charge < -0.3 is 10.5 Å². The minimum atomic E-state index is 0. The largest absolute Gasteiger partial charge is 0.497 e. The number of nitrogens with zero attached hydrogens (tertiary/aromatic N) is 2. The summed E-state index contributed by atoms with van der Waals surface area (Å²) < 4.78 is 5.28. The Labute approximate surface area is 121 Å². The van der Waals surface area contributed by atoms with Crippen molar-refractivity contribution < 1.29 is 4.74 Å². The van der Waals surface area contributed by atoms with Gasteiger partial charge in [-0.15, -0.1) is 12.4 Å². The van der Waals surface area contributed by atoms with Crippen LogP contribution in [0.2, 0.25) is 0 Å². The highest BCUT2D eigenvalue weighted by Gasteiger charge is 2.23. The van der Waals surface area contributed by atoms with E-state index in [2.05, 4.69) is 16.8 Å². The number of hydrogen-bond donors (Lipinski definition) is 1. The fourth-order valence-electron chi connectivity index (χ4n) is 2.52. The van der Waals surface area contributed by atoms with E-state index in [-0.39, 0.29) is 12.4 Å². The van der Waals surface area contributed by atoms with Crippen molar-refractivity contribution in [2.75, 3.05) is 20.2 Å². The molecule has 1 fully saturated rings. The molecule has 19 heavy (non-hydrogen) atoms. The number of nitrogens with two attached hydrogens (primary N) is 1. The van der Waals surface area contributed by atoms with E-state index in [0.29, 0.717) is 12.0 Å². The van der Waals surface area contributed by atoms with Crippen LogP contribution in [0.3, 0.4) is 0 Å². The second kappa shape index (κ2) is 7.08. The van der Waals surface area contributed by atoms with Gasteiger partial charge >= 0.3 is 0 Å². The van der Waals surface area contributed by atoms with Crippen LogP contribution in [-0.4, -0.2) is 36.1 Å². The molecule has 0 radical (unpaired) electrons. The molecule has 108 valence electrons. The van der Waals surface area contributed by atoms with Crippen LogP contribution in [0.4, 0.5) is 0 Å². The molecule has 4 nitrogen and oxygen atoms in total. The van der Waals surface area contributed by atoms with Crippen molar-refractivity contribution in [2.45, 2.75) is 32.9 Å². The van der Waals surface area contributed by atoms with Crippen LogP contribution in [-0.2, 0) is 6.54 Å². The van der Waals surface area contributed by atoms with E-state index in [9.17, 15) is 0 Å². The van der Waals surface area contributed by atoms with Gasteiger partial charge in [-0.2, -0.15) is 0 Å². The van der Waals surface area contributed by atoms with Gasteiger partial charge in [0.15, 0.2) is 0 Å². The van der Waals surface area contributed by atoms with Crippen LogP contribution in [0.25, 0.3) is 0 Å². The predicted molar refractivity (Wildman–Crippen MR) is 79.8 cm³/mol. The SMILES string of the molecule is COc1cc(C)nc(CN2CCC(N)C(C)C2)c1.Cl. The summed E-state index contributed by atoms with van der Waals surface area (Å²) in [5, 5.41) is 0. The maximum absolute atomic E-state index is 6.04. The zero-order valence-corrected chi connectivity index (χ0v) is 12.7. The first-order valence-electron chi connectivity index (χ1n) is 6.58. The monoisotopic (exact) mass is 285 g/mol. The second-order valence-electron chi connectivity index (χ2n) is 5.30. The maximum atomic E-state index is 6.04. The van der Waals surface area contributed by atoms with Gasteiger partial charge in [0.25, 0.3) is 0 Å². The van der Waals surface area contributed by atoms with Crippen molar-refractivity contribution >= 4 is 12.4 Å². The lowest BCUT2D eigenvalue weighted by molar-refractivity contribution is 0.156. The minimum Gasteiger partial charge on any atom is -0.497 e. The Bertz CT molecular complexity index is 414.